The van der Waals surface area contributed by atoms with Crippen molar-refractivity contribution in [3.05, 3.63) is 40.8 Å². The van der Waals surface area contributed by atoms with Gasteiger partial charge >= 0.3 is 0 Å². The van der Waals surface area contributed by atoms with Gasteiger partial charge in [0.15, 0.2) is 23.2 Å². The molecule has 2 heterocycles. The molecule has 0 atom stereocenters. The predicted octanol–water partition coefficient (Wildman–Crippen LogP) is 3.73. The molecule has 0 unspecified atom stereocenters. The number of benzene rings is 2. The molecule has 0 bridgehead atoms. The van der Waals surface area contributed by atoms with Crippen molar-refractivity contribution in [2.75, 3.05) is 38.6 Å². The highest BCUT2D eigenvalue weighted by Crippen LogP contribution is 2.39. The maximum atomic E-state index is 12.9. The van der Waals surface area contributed by atoms with Crippen LogP contribution in [0.25, 0.3) is 11.3 Å². The van der Waals surface area contributed by atoms with Crippen LogP contribution in [0.1, 0.15) is 15.2 Å². The molecule has 0 aliphatic carbocycles. The molecule has 0 radical (unpaired) electrons. The summed E-state index contributed by atoms with van der Waals surface area (Å²) in [6.45, 7) is 1.91. The minimum absolute atomic E-state index is 0.000807. The number of carbonyl (C=O) groups excluding carboxylic acids is 2. The number of carbonyl (C=O) groups is 2. The van der Waals surface area contributed by atoms with Crippen LogP contribution in [-0.4, -0.2) is 44.7 Å². The summed E-state index contributed by atoms with van der Waals surface area (Å²) in [6.07, 6.45) is 0. The smallest absolute Gasteiger partial charge is 0.262 e. The summed E-state index contributed by atoms with van der Waals surface area (Å²) in [5.74, 6) is 1.20. The Bertz CT molecular complexity index is 1180. The lowest BCUT2D eigenvalue weighted by molar-refractivity contribution is -0.118. The highest BCUT2D eigenvalue weighted by Gasteiger charge is 2.20. The Morgan fingerprint density at radius 1 is 1.12 bits per heavy atom. The molecule has 2 aromatic carbocycles. The van der Waals surface area contributed by atoms with E-state index in [4.69, 9.17) is 18.9 Å². The SMILES string of the molecule is COc1cc(C(=O)Nc2nc(-c3ccc4c(c3)NC(=O)CO4)c(C)s2)cc(OC)c1OC. The van der Waals surface area contributed by atoms with Gasteiger partial charge in [0.2, 0.25) is 5.75 Å². The number of ether oxygens (including phenoxy) is 4. The van der Waals surface area contributed by atoms with Gasteiger partial charge in [0.05, 0.1) is 32.7 Å². The molecular formula is C22H21N3O6S. The van der Waals surface area contributed by atoms with E-state index in [1.54, 1.807) is 24.3 Å². The fourth-order valence-corrected chi connectivity index (χ4v) is 4.16. The van der Waals surface area contributed by atoms with Crippen molar-refractivity contribution in [3.8, 4) is 34.3 Å². The summed E-state index contributed by atoms with van der Waals surface area (Å²) < 4.78 is 21.3. The number of hydrogen-bond acceptors (Lipinski definition) is 8. The zero-order chi connectivity index (χ0) is 22.8. The number of aromatic nitrogens is 1. The Balaban J connectivity index is 1.60. The van der Waals surface area contributed by atoms with Gasteiger partial charge in [0.1, 0.15) is 5.75 Å². The highest BCUT2D eigenvalue weighted by atomic mass is 32.1. The van der Waals surface area contributed by atoms with Gasteiger partial charge < -0.3 is 24.3 Å². The Hall–Kier alpha value is -3.79. The van der Waals surface area contributed by atoms with Crippen LogP contribution in [0.2, 0.25) is 0 Å². The molecule has 4 rings (SSSR count). The average Bonchev–Trinajstić information content (AvgIpc) is 3.17. The van der Waals surface area contributed by atoms with E-state index in [1.807, 2.05) is 13.0 Å². The molecule has 166 valence electrons. The number of methoxy groups -OCH3 is 3. The number of rotatable bonds is 6. The van der Waals surface area contributed by atoms with E-state index < -0.39 is 0 Å². The maximum Gasteiger partial charge on any atom is 0.262 e. The van der Waals surface area contributed by atoms with Crippen LogP contribution >= 0.6 is 11.3 Å². The first-order chi connectivity index (χ1) is 15.4. The lowest BCUT2D eigenvalue weighted by atomic mass is 10.1. The van der Waals surface area contributed by atoms with Crippen molar-refractivity contribution >= 4 is 34.0 Å². The van der Waals surface area contributed by atoms with Crippen LogP contribution in [0.15, 0.2) is 30.3 Å². The number of thiazole rings is 1. The third-order valence-corrected chi connectivity index (χ3v) is 5.72. The Morgan fingerprint density at radius 2 is 1.84 bits per heavy atom. The van der Waals surface area contributed by atoms with Crippen LogP contribution in [0.4, 0.5) is 10.8 Å². The van der Waals surface area contributed by atoms with E-state index in [0.29, 0.717) is 45.1 Å². The van der Waals surface area contributed by atoms with Gasteiger partial charge in [-0.25, -0.2) is 4.98 Å². The van der Waals surface area contributed by atoms with E-state index in [1.165, 1.54) is 32.7 Å². The van der Waals surface area contributed by atoms with Crippen LogP contribution in [0, 0.1) is 6.92 Å². The lowest BCUT2D eigenvalue weighted by Gasteiger charge is -2.18. The normalized spacial score (nSPS) is 12.3. The number of aryl methyl sites for hydroxylation is 1. The Labute approximate surface area is 188 Å². The Kier molecular flexibility index (Phi) is 5.87. The zero-order valence-corrected chi connectivity index (χ0v) is 18.7. The first kappa shape index (κ1) is 21.4. The summed E-state index contributed by atoms with van der Waals surface area (Å²) in [4.78, 5) is 30.0. The molecule has 9 nitrogen and oxygen atoms in total. The van der Waals surface area contributed by atoms with Crippen LogP contribution in [-0.2, 0) is 4.79 Å². The topological polar surface area (TPSA) is 108 Å². The molecule has 1 aromatic heterocycles. The van der Waals surface area contributed by atoms with E-state index >= 15 is 0 Å². The standard InChI is InChI=1S/C22H21N3O6S/c1-11-19(12-5-6-15-14(7-12)23-18(26)10-31-15)24-22(32-11)25-21(27)13-8-16(28-2)20(30-4)17(9-13)29-3/h5-9H,10H2,1-4H3,(H,23,26)(H,24,25,27). The van der Waals surface area contributed by atoms with Gasteiger partial charge in [-0.3, -0.25) is 14.9 Å². The number of hydrogen-bond donors (Lipinski definition) is 2. The third-order valence-electron chi connectivity index (χ3n) is 4.83. The molecule has 1 aliphatic rings. The van der Waals surface area contributed by atoms with E-state index in [0.717, 1.165) is 10.4 Å². The molecule has 2 amide bonds. The number of anilines is 2. The first-order valence-corrected chi connectivity index (χ1v) is 10.4. The van der Waals surface area contributed by atoms with Crippen LogP contribution < -0.4 is 29.6 Å². The van der Waals surface area contributed by atoms with Crippen molar-refractivity contribution in [1.82, 2.24) is 4.98 Å². The molecule has 0 fully saturated rings. The van der Waals surface area contributed by atoms with Gasteiger partial charge in [-0.2, -0.15) is 0 Å². The summed E-state index contributed by atoms with van der Waals surface area (Å²) in [6, 6.07) is 8.61. The molecule has 0 saturated carbocycles. The molecule has 32 heavy (non-hydrogen) atoms. The first-order valence-electron chi connectivity index (χ1n) is 9.59. The summed E-state index contributed by atoms with van der Waals surface area (Å²) in [5.41, 5.74) is 2.44. The van der Waals surface area contributed by atoms with Crippen LogP contribution in [0.3, 0.4) is 0 Å². The fourth-order valence-electron chi connectivity index (χ4n) is 3.33. The monoisotopic (exact) mass is 455 g/mol. The fraction of sp³-hybridized carbons (Fsp3) is 0.227. The maximum absolute atomic E-state index is 12.9. The second kappa shape index (κ2) is 8.75. The van der Waals surface area contributed by atoms with E-state index in [-0.39, 0.29) is 18.4 Å². The van der Waals surface area contributed by atoms with Gasteiger partial charge in [0.25, 0.3) is 11.8 Å². The lowest BCUT2D eigenvalue weighted by Crippen LogP contribution is -2.25. The van der Waals surface area contributed by atoms with Gasteiger partial charge in [0, 0.05) is 16.0 Å². The van der Waals surface area contributed by atoms with Crippen LogP contribution in [0.5, 0.6) is 23.0 Å². The quantitative estimate of drug-likeness (QED) is 0.583. The average molecular weight is 455 g/mol. The summed E-state index contributed by atoms with van der Waals surface area (Å²) in [5, 5.41) is 6.05. The second-order valence-electron chi connectivity index (χ2n) is 6.84. The number of nitrogens with zero attached hydrogens (tertiary/aromatic N) is 1. The molecule has 10 heteroatoms. The third kappa shape index (κ3) is 4.04. The minimum atomic E-state index is -0.365. The van der Waals surface area contributed by atoms with Gasteiger partial charge in [-0.15, -0.1) is 11.3 Å². The highest BCUT2D eigenvalue weighted by molar-refractivity contribution is 7.16. The second-order valence-corrected chi connectivity index (χ2v) is 8.04. The molecular weight excluding hydrogens is 434 g/mol. The number of amides is 2. The van der Waals surface area contributed by atoms with E-state index in [9.17, 15) is 9.59 Å². The van der Waals surface area contributed by atoms with E-state index in [2.05, 4.69) is 15.6 Å². The van der Waals surface area contributed by atoms with Crippen molar-refractivity contribution in [3.63, 3.8) is 0 Å². The molecule has 3 aromatic rings. The summed E-state index contributed by atoms with van der Waals surface area (Å²) >= 11 is 1.35. The number of nitrogens with one attached hydrogen (secondary N) is 2. The minimum Gasteiger partial charge on any atom is -0.493 e. The molecule has 0 saturated heterocycles. The largest absolute Gasteiger partial charge is 0.493 e. The Morgan fingerprint density at radius 3 is 2.50 bits per heavy atom. The molecule has 1 aliphatic heterocycles. The van der Waals surface area contributed by atoms with Gasteiger partial charge in [-0.1, -0.05) is 0 Å². The van der Waals surface area contributed by atoms with Crippen molar-refractivity contribution in [1.29, 1.82) is 0 Å². The van der Waals surface area contributed by atoms with Gasteiger partial charge in [-0.05, 0) is 37.3 Å². The number of fused-ring (bicyclic) bond motifs is 1. The molecule has 0 spiro atoms. The predicted molar refractivity (Wildman–Crippen MR) is 120 cm³/mol. The zero-order valence-electron chi connectivity index (χ0n) is 17.9. The van der Waals surface area contributed by atoms with Crippen molar-refractivity contribution in [2.45, 2.75) is 6.92 Å². The molecule has 2 N–H and O–H groups in total. The van der Waals surface area contributed by atoms with Crippen molar-refractivity contribution in [2.24, 2.45) is 0 Å². The summed E-state index contributed by atoms with van der Waals surface area (Å²) in [7, 11) is 4.47. The van der Waals surface area contributed by atoms with Crippen molar-refractivity contribution < 1.29 is 28.5 Å².